The van der Waals surface area contributed by atoms with E-state index in [4.69, 9.17) is 29.8 Å². The van der Waals surface area contributed by atoms with Crippen LogP contribution in [0.15, 0.2) is 97.1 Å². The smallest absolute Gasteiger partial charge is 0.305 e. The highest BCUT2D eigenvalue weighted by atomic mass is 16.5. The molecule has 2 aliphatic heterocycles. The highest BCUT2D eigenvalue weighted by Crippen LogP contribution is 2.37. The average molecular weight is 915 g/mol. The number of hydrogen-bond donors (Lipinski definition) is 1. The van der Waals surface area contributed by atoms with E-state index in [0.29, 0.717) is 13.0 Å². The first-order valence-electron chi connectivity index (χ1n) is 25.0. The van der Waals surface area contributed by atoms with E-state index in [1.54, 1.807) is 0 Å². The van der Waals surface area contributed by atoms with Crippen molar-refractivity contribution in [3.63, 3.8) is 0 Å². The van der Waals surface area contributed by atoms with Crippen molar-refractivity contribution in [2.24, 2.45) is 0 Å². The number of esters is 1. The van der Waals surface area contributed by atoms with Gasteiger partial charge in [-0.3, -0.25) is 9.59 Å². The number of nitrogens with zero attached hydrogens (tertiary/aromatic N) is 6. The van der Waals surface area contributed by atoms with Gasteiger partial charge < -0.3 is 19.6 Å². The lowest BCUT2D eigenvalue weighted by Gasteiger charge is -2.30. The van der Waals surface area contributed by atoms with Gasteiger partial charge in [-0.15, -0.1) is 0 Å². The SMILES string of the molecule is CCOC(=O)CCCCCCN1CCCc2nc(-c3ccc(C)cc3)c(-c3ccc(C)cc3)nc21.Cc1ccc(-c2nc3c(nc2-c2ccc(C)cc2)N(CCCCCCC(=O)O)CCC3)cc1. The molecule has 10 nitrogen and oxygen atoms in total. The summed E-state index contributed by atoms with van der Waals surface area (Å²) in [5, 5.41) is 8.81. The van der Waals surface area contributed by atoms with Crippen molar-refractivity contribution in [3.8, 4) is 45.0 Å². The van der Waals surface area contributed by atoms with Crippen molar-refractivity contribution in [2.75, 3.05) is 42.6 Å². The molecule has 4 heterocycles. The summed E-state index contributed by atoms with van der Waals surface area (Å²) in [6.07, 6.45) is 12.8. The number of carbonyl (C=O) groups excluding carboxylic acids is 1. The molecule has 0 atom stereocenters. The molecule has 0 saturated heterocycles. The Bertz CT molecular complexity index is 2580. The van der Waals surface area contributed by atoms with Crippen molar-refractivity contribution >= 4 is 23.6 Å². The number of ether oxygens (including phenoxy) is 1. The molecule has 0 bridgehead atoms. The lowest BCUT2D eigenvalue weighted by Crippen LogP contribution is -2.32. The van der Waals surface area contributed by atoms with Crippen molar-refractivity contribution in [3.05, 3.63) is 131 Å². The third-order valence-electron chi connectivity index (χ3n) is 12.9. The summed E-state index contributed by atoms with van der Waals surface area (Å²) in [5.41, 5.74) is 15.3. The van der Waals surface area contributed by atoms with Gasteiger partial charge in [-0.25, -0.2) is 19.9 Å². The van der Waals surface area contributed by atoms with Gasteiger partial charge in [0, 0.05) is 61.3 Å². The quantitative estimate of drug-likeness (QED) is 0.0621. The van der Waals surface area contributed by atoms with E-state index in [0.717, 1.165) is 171 Å². The van der Waals surface area contributed by atoms with Crippen molar-refractivity contribution in [2.45, 2.75) is 125 Å². The number of carboxylic acids is 1. The molecule has 2 aliphatic rings. The van der Waals surface area contributed by atoms with Gasteiger partial charge in [0.25, 0.3) is 0 Å². The zero-order valence-electron chi connectivity index (χ0n) is 41.0. The number of benzene rings is 4. The first kappa shape index (κ1) is 49.5. The maximum absolute atomic E-state index is 11.5. The van der Waals surface area contributed by atoms with Gasteiger partial charge in [-0.1, -0.05) is 145 Å². The van der Waals surface area contributed by atoms with Crippen LogP contribution < -0.4 is 9.80 Å². The highest BCUT2D eigenvalue weighted by molar-refractivity contribution is 5.81. The third kappa shape index (κ3) is 13.6. The van der Waals surface area contributed by atoms with Crippen LogP contribution in [0.5, 0.6) is 0 Å². The Morgan fingerprint density at radius 1 is 0.485 bits per heavy atom. The predicted octanol–water partition coefficient (Wildman–Crippen LogP) is 12.9. The van der Waals surface area contributed by atoms with Gasteiger partial charge in [0.2, 0.25) is 0 Å². The van der Waals surface area contributed by atoms with Gasteiger partial charge in [-0.05, 0) is 86.0 Å². The second-order valence-electron chi connectivity index (χ2n) is 18.6. The molecule has 0 fully saturated rings. The fraction of sp³-hybridized carbons (Fsp3) is 0.414. The molecule has 68 heavy (non-hydrogen) atoms. The van der Waals surface area contributed by atoms with Crippen LogP contribution in [0.2, 0.25) is 0 Å². The molecule has 0 aliphatic carbocycles. The Kier molecular flexibility index (Phi) is 17.9. The molecule has 10 heteroatoms. The Labute approximate surface area is 404 Å². The molecule has 0 amide bonds. The predicted molar refractivity (Wildman–Crippen MR) is 276 cm³/mol. The fourth-order valence-electron chi connectivity index (χ4n) is 9.03. The van der Waals surface area contributed by atoms with E-state index in [-0.39, 0.29) is 12.4 Å². The van der Waals surface area contributed by atoms with Gasteiger partial charge in [0.05, 0.1) is 40.8 Å². The van der Waals surface area contributed by atoms with Crippen LogP contribution in [0.1, 0.15) is 118 Å². The number of anilines is 2. The molecule has 0 unspecified atom stereocenters. The van der Waals surface area contributed by atoms with E-state index in [1.165, 1.54) is 22.3 Å². The number of aromatic nitrogens is 4. The Hall–Kier alpha value is -6.42. The van der Waals surface area contributed by atoms with E-state index in [1.807, 2.05) is 6.92 Å². The molecule has 0 spiro atoms. The minimum absolute atomic E-state index is 0.0826. The number of aryl methyl sites for hydroxylation is 6. The van der Waals surface area contributed by atoms with Crippen LogP contribution in [0.4, 0.5) is 11.6 Å². The summed E-state index contributed by atoms with van der Waals surface area (Å²) in [7, 11) is 0. The van der Waals surface area contributed by atoms with Gasteiger partial charge in [-0.2, -0.15) is 0 Å². The Morgan fingerprint density at radius 2 is 0.824 bits per heavy atom. The van der Waals surface area contributed by atoms with E-state index >= 15 is 0 Å². The molecule has 8 rings (SSSR count). The van der Waals surface area contributed by atoms with Crippen LogP contribution in [-0.2, 0) is 27.2 Å². The standard InChI is InChI=1S/C30H37N3O2.C28H33N3O2/c1-4-35-27(34)11-7-5-6-8-20-33-21-9-10-26-30(33)32-29(25-18-14-23(3)15-19-25)28(31-26)24-16-12-22(2)13-17-24;1-20-10-14-22(15-11-20)26-27(23-16-12-21(2)13-17-23)30-28-24(29-26)8-7-19-31(28)18-6-4-3-5-9-25(32)33/h12-19H,4-11,20-21H2,1-3H3;10-17H,3-9,18-19H2,1-2H3,(H,32,33). The third-order valence-corrected chi connectivity index (χ3v) is 12.9. The Balaban J connectivity index is 0.000000202. The number of rotatable bonds is 19. The van der Waals surface area contributed by atoms with Crippen molar-refractivity contribution < 1.29 is 19.4 Å². The summed E-state index contributed by atoms with van der Waals surface area (Å²) in [6, 6.07) is 34.3. The summed E-state index contributed by atoms with van der Waals surface area (Å²) in [4.78, 5) is 47.9. The number of fused-ring (bicyclic) bond motifs is 2. The minimum atomic E-state index is -0.705. The zero-order valence-corrected chi connectivity index (χ0v) is 41.0. The van der Waals surface area contributed by atoms with Crippen LogP contribution >= 0.6 is 0 Å². The molecule has 0 radical (unpaired) electrons. The van der Waals surface area contributed by atoms with Crippen LogP contribution in [0.3, 0.4) is 0 Å². The molecule has 4 aromatic carbocycles. The maximum atomic E-state index is 11.5. The largest absolute Gasteiger partial charge is 0.481 e. The highest BCUT2D eigenvalue weighted by Gasteiger charge is 2.25. The molecular formula is C58H70N6O4. The van der Waals surface area contributed by atoms with Gasteiger partial charge in [0.15, 0.2) is 11.6 Å². The van der Waals surface area contributed by atoms with Crippen LogP contribution in [-0.4, -0.2) is 69.8 Å². The molecular weight excluding hydrogens is 845 g/mol. The molecule has 6 aromatic rings. The van der Waals surface area contributed by atoms with Crippen LogP contribution in [0.25, 0.3) is 45.0 Å². The first-order valence-corrected chi connectivity index (χ1v) is 25.0. The van der Waals surface area contributed by atoms with Crippen LogP contribution in [0, 0.1) is 27.7 Å². The first-order chi connectivity index (χ1) is 33.1. The molecule has 356 valence electrons. The molecule has 0 saturated carbocycles. The molecule has 1 N–H and O–H groups in total. The number of carboxylic acid groups (broad SMARTS) is 1. The summed E-state index contributed by atoms with van der Waals surface area (Å²) < 4.78 is 5.02. The van der Waals surface area contributed by atoms with E-state index in [2.05, 4.69) is 135 Å². The van der Waals surface area contributed by atoms with Gasteiger partial charge in [0.1, 0.15) is 0 Å². The van der Waals surface area contributed by atoms with Gasteiger partial charge >= 0.3 is 11.9 Å². The fourth-order valence-corrected chi connectivity index (χ4v) is 9.03. The van der Waals surface area contributed by atoms with E-state index in [9.17, 15) is 9.59 Å². The minimum Gasteiger partial charge on any atom is -0.481 e. The second kappa shape index (κ2) is 24.6. The number of aliphatic carboxylic acids is 1. The topological polar surface area (TPSA) is 122 Å². The Morgan fingerprint density at radius 3 is 1.18 bits per heavy atom. The average Bonchev–Trinajstić information content (AvgIpc) is 3.34. The molecule has 2 aromatic heterocycles. The maximum Gasteiger partial charge on any atom is 0.305 e. The lowest BCUT2D eigenvalue weighted by molar-refractivity contribution is -0.143. The van der Waals surface area contributed by atoms with Crippen molar-refractivity contribution in [1.82, 2.24) is 19.9 Å². The normalized spacial score (nSPS) is 13.0. The van der Waals surface area contributed by atoms with E-state index < -0.39 is 5.97 Å². The van der Waals surface area contributed by atoms with Crippen molar-refractivity contribution in [1.29, 1.82) is 0 Å². The summed E-state index contributed by atoms with van der Waals surface area (Å²) >= 11 is 0. The summed E-state index contributed by atoms with van der Waals surface area (Å²) in [6.45, 7) is 14.6. The number of unbranched alkanes of at least 4 members (excludes halogenated alkanes) is 6. The second-order valence-corrected chi connectivity index (χ2v) is 18.6. The summed E-state index contributed by atoms with van der Waals surface area (Å²) in [5.74, 6) is 1.26. The number of hydrogen-bond acceptors (Lipinski definition) is 9. The zero-order chi connectivity index (χ0) is 47.8. The number of carbonyl (C=O) groups is 2. The lowest BCUT2D eigenvalue weighted by atomic mass is 10.0. The monoisotopic (exact) mass is 915 g/mol.